The molecular formula is C15H15N3S. The standard InChI is InChI=1S/C15H15N3S/c1-10(16)11-6-7-17-14(8-11)19-15-9-12-4-2-3-5-13(12)18-15/h2-10,18H,16H2,1H3/t10-/m1/s1. The summed E-state index contributed by atoms with van der Waals surface area (Å²) in [4.78, 5) is 7.76. The van der Waals surface area contributed by atoms with Crippen molar-refractivity contribution in [3.05, 3.63) is 54.2 Å². The van der Waals surface area contributed by atoms with E-state index in [4.69, 9.17) is 5.73 Å². The molecule has 3 N–H and O–H groups in total. The topological polar surface area (TPSA) is 54.7 Å². The van der Waals surface area contributed by atoms with Crippen LogP contribution in [-0.2, 0) is 0 Å². The summed E-state index contributed by atoms with van der Waals surface area (Å²) < 4.78 is 0. The van der Waals surface area contributed by atoms with E-state index in [9.17, 15) is 0 Å². The van der Waals surface area contributed by atoms with Gasteiger partial charge in [-0.25, -0.2) is 4.98 Å². The molecule has 0 aliphatic carbocycles. The van der Waals surface area contributed by atoms with Crippen molar-refractivity contribution in [1.29, 1.82) is 0 Å². The summed E-state index contributed by atoms with van der Waals surface area (Å²) >= 11 is 1.62. The molecule has 0 aliphatic heterocycles. The van der Waals surface area contributed by atoms with Crippen LogP contribution in [0.3, 0.4) is 0 Å². The molecule has 4 heteroatoms. The lowest BCUT2D eigenvalue weighted by Crippen LogP contribution is -2.04. The van der Waals surface area contributed by atoms with E-state index in [0.29, 0.717) is 0 Å². The monoisotopic (exact) mass is 269 g/mol. The number of nitrogens with two attached hydrogens (primary N) is 1. The van der Waals surface area contributed by atoms with Gasteiger partial charge in [-0.3, -0.25) is 0 Å². The molecule has 96 valence electrons. The maximum absolute atomic E-state index is 5.89. The Morgan fingerprint density at radius 3 is 2.84 bits per heavy atom. The summed E-state index contributed by atoms with van der Waals surface area (Å²) in [5, 5.41) is 3.27. The summed E-state index contributed by atoms with van der Waals surface area (Å²) in [6.45, 7) is 1.98. The molecule has 0 bridgehead atoms. The van der Waals surface area contributed by atoms with Crippen LogP contribution in [0.2, 0.25) is 0 Å². The zero-order valence-electron chi connectivity index (χ0n) is 10.6. The highest BCUT2D eigenvalue weighted by molar-refractivity contribution is 7.99. The highest BCUT2D eigenvalue weighted by Crippen LogP contribution is 2.29. The molecule has 0 saturated carbocycles. The molecule has 2 aromatic heterocycles. The van der Waals surface area contributed by atoms with E-state index in [2.05, 4.69) is 28.2 Å². The van der Waals surface area contributed by atoms with Crippen LogP contribution in [0.1, 0.15) is 18.5 Å². The fourth-order valence-electron chi connectivity index (χ4n) is 1.98. The first-order valence-corrected chi connectivity index (χ1v) is 7.01. The van der Waals surface area contributed by atoms with E-state index in [1.54, 1.807) is 11.8 Å². The third-order valence-corrected chi connectivity index (χ3v) is 3.88. The number of nitrogens with zero attached hydrogens (tertiary/aromatic N) is 1. The first-order valence-electron chi connectivity index (χ1n) is 6.19. The Bertz CT molecular complexity index is 670. The Morgan fingerprint density at radius 1 is 1.21 bits per heavy atom. The number of benzene rings is 1. The quantitative estimate of drug-likeness (QED) is 0.761. The van der Waals surface area contributed by atoms with Crippen molar-refractivity contribution in [3.63, 3.8) is 0 Å². The molecule has 3 nitrogen and oxygen atoms in total. The number of fused-ring (bicyclic) bond motifs is 1. The van der Waals surface area contributed by atoms with Crippen molar-refractivity contribution < 1.29 is 0 Å². The predicted molar refractivity (Wildman–Crippen MR) is 79.3 cm³/mol. The Labute approximate surface area is 116 Å². The fourth-order valence-corrected chi connectivity index (χ4v) is 2.86. The Hall–Kier alpha value is -1.78. The van der Waals surface area contributed by atoms with Crippen LogP contribution in [0.15, 0.2) is 58.7 Å². The van der Waals surface area contributed by atoms with Gasteiger partial charge in [-0.05, 0) is 36.8 Å². The first kappa shape index (κ1) is 12.3. The van der Waals surface area contributed by atoms with Gasteiger partial charge in [0.05, 0.1) is 5.03 Å². The first-order chi connectivity index (χ1) is 9.22. The van der Waals surface area contributed by atoms with Crippen molar-refractivity contribution in [1.82, 2.24) is 9.97 Å². The van der Waals surface area contributed by atoms with Crippen LogP contribution >= 0.6 is 11.8 Å². The van der Waals surface area contributed by atoms with Gasteiger partial charge < -0.3 is 10.7 Å². The number of hydrogen-bond acceptors (Lipinski definition) is 3. The molecular weight excluding hydrogens is 254 g/mol. The number of para-hydroxylation sites is 1. The summed E-state index contributed by atoms with van der Waals surface area (Å²) in [7, 11) is 0. The lowest BCUT2D eigenvalue weighted by atomic mass is 10.1. The molecule has 1 atom stereocenters. The molecule has 0 spiro atoms. The number of rotatable bonds is 3. The molecule has 2 heterocycles. The minimum atomic E-state index is 0.0325. The van der Waals surface area contributed by atoms with Crippen molar-refractivity contribution in [2.45, 2.75) is 23.0 Å². The van der Waals surface area contributed by atoms with Gasteiger partial charge >= 0.3 is 0 Å². The van der Waals surface area contributed by atoms with E-state index in [1.165, 1.54) is 5.39 Å². The van der Waals surface area contributed by atoms with Gasteiger partial charge in [0.15, 0.2) is 0 Å². The zero-order chi connectivity index (χ0) is 13.2. The lowest BCUT2D eigenvalue weighted by Gasteiger charge is -2.06. The summed E-state index contributed by atoms with van der Waals surface area (Å²) in [5.41, 5.74) is 8.14. The molecule has 3 aromatic rings. The van der Waals surface area contributed by atoms with Crippen LogP contribution in [0.4, 0.5) is 0 Å². The molecule has 19 heavy (non-hydrogen) atoms. The molecule has 1 aromatic carbocycles. The molecule has 0 amide bonds. The van der Waals surface area contributed by atoms with Gasteiger partial charge in [-0.15, -0.1) is 0 Å². The van der Waals surface area contributed by atoms with Crippen molar-refractivity contribution in [2.24, 2.45) is 5.73 Å². The molecule has 3 rings (SSSR count). The minimum Gasteiger partial charge on any atom is -0.349 e. The maximum atomic E-state index is 5.89. The van der Waals surface area contributed by atoms with Crippen LogP contribution in [0.25, 0.3) is 10.9 Å². The van der Waals surface area contributed by atoms with E-state index in [1.807, 2.05) is 37.4 Å². The fraction of sp³-hybridized carbons (Fsp3) is 0.133. The van der Waals surface area contributed by atoms with Crippen molar-refractivity contribution in [3.8, 4) is 0 Å². The normalized spacial score (nSPS) is 12.7. The number of pyridine rings is 1. The molecule has 0 aliphatic rings. The van der Waals surface area contributed by atoms with E-state index in [0.717, 1.165) is 21.1 Å². The number of hydrogen-bond donors (Lipinski definition) is 2. The predicted octanol–water partition coefficient (Wildman–Crippen LogP) is 3.73. The average Bonchev–Trinajstić information content (AvgIpc) is 2.81. The van der Waals surface area contributed by atoms with Crippen molar-refractivity contribution in [2.75, 3.05) is 0 Å². The summed E-state index contributed by atoms with van der Waals surface area (Å²) in [5.74, 6) is 0. The largest absolute Gasteiger partial charge is 0.349 e. The second-order valence-electron chi connectivity index (χ2n) is 4.54. The number of aromatic amines is 1. The van der Waals surface area contributed by atoms with E-state index < -0.39 is 0 Å². The number of H-pyrrole nitrogens is 1. The van der Waals surface area contributed by atoms with Gasteiger partial charge in [0.2, 0.25) is 0 Å². The Kier molecular flexibility index (Phi) is 3.27. The smallest absolute Gasteiger partial charge is 0.102 e. The average molecular weight is 269 g/mol. The third kappa shape index (κ3) is 2.64. The van der Waals surface area contributed by atoms with Crippen molar-refractivity contribution >= 4 is 22.7 Å². The van der Waals surface area contributed by atoms with Gasteiger partial charge in [-0.2, -0.15) is 0 Å². The van der Waals surface area contributed by atoms with Gasteiger partial charge in [0, 0.05) is 23.1 Å². The van der Waals surface area contributed by atoms with E-state index in [-0.39, 0.29) is 6.04 Å². The van der Waals surface area contributed by atoms with Crippen LogP contribution in [0.5, 0.6) is 0 Å². The maximum Gasteiger partial charge on any atom is 0.102 e. The number of aromatic nitrogens is 2. The van der Waals surface area contributed by atoms with Gasteiger partial charge in [0.25, 0.3) is 0 Å². The minimum absolute atomic E-state index is 0.0325. The van der Waals surface area contributed by atoms with Gasteiger partial charge in [0.1, 0.15) is 5.03 Å². The van der Waals surface area contributed by atoms with Gasteiger partial charge in [-0.1, -0.05) is 30.0 Å². The summed E-state index contributed by atoms with van der Waals surface area (Å²) in [6, 6.07) is 14.4. The van der Waals surface area contributed by atoms with Crippen LogP contribution in [0, 0.1) is 0 Å². The molecule has 0 unspecified atom stereocenters. The highest BCUT2D eigenvalue weighted by Gasteiger charge is 2.05. The Balaban J connectivity index is 1.90. The second-order valence-corrected chi connectivity index (χ2v) is 5.60. The van der Waals surface area contributed by atoms with E-state index >= 15 is 0 Å². The Morgan fingerprint density at radius 2 is 2.05 bits per heavy atom. The van der Waals surface area contributed by atoms with Crippen LogP contribution in [-0.4, -0.2) is 9.97 Å². The SMILES string of the molecule is C[C@@H](N)c1ccnc(Sc2cc3ccccc3[nH]2)c1. The zero-order valence-corrected chi connectivity index (χ0v) is 11.4. The summed E-state index contributed by atoms with van der Waals surface area (Å²) in [6.07, 6.45) is 1.81. The second kappa shape index (κ2) is 5.07. The highest BCUT2D eigenvalue weighted by atomic mass is 32.2. The molecule has 0 radical (unpaired) electrons. The molecule has 0 fully saturated rings. The molecule has 0 saturated heterocycles. The lowest BCUT2D eigenvalue weighted by molar-refractivity contribution is 0.808. The van der Waals surface area contributed by atoms with Crippen LogP contribution < -0.4 is 5.73 Å². The third-order valence-electron chi connectivity index (χ3n) is 3.00. The number of nitrogens with one attached hydrogen (secondary N) is 1.